The molecule has 3 aromatic heterocycles. The minimum atomic E-state index is -4.62. The standard InChI is InChI=1S/C21H20ClF4N5O2.FH/c1-12-7-14(28-29-18(12)16-11-31(2)30-19(16)21(24,25)26)3-4-15(32)8-13-9-17(33-6-5-23)20(22)27-10-13;/h7,9-11H,3-6,8H2,1-2H3;1H. The molecule has 0 saturated heterocycles. The Morgan fingerprint density at radius 1 is 1.24 bits per heavy atom. The molecule has 0 saturated carbocycles. The van der Waals surface area contributed by atoms with Crippen molar-refractivity contribution in [2.75, 3.05) is 13.3 Å². The summed E-state index contributed by atoms with van der Waals surface area (Å²) in [5.41, 5.74) is 0.423. The fraction of sp³-hybridized carbons (Fsp3) is 0.381. The highest BCUT2D eigenvalue weighted by molar-refractivity contribution is 6.30. The molecule has 3 aromatic rings. The molecule has 0 radical (unpaired) electrons. The Bertz CT molecular complexity index is 1150. The predicted molar refractivity (Wildman–Crippen MR) is 114 cm³/mol. The van der Waals surface area contributed by atoms with E-state index < -0.39 is 18.5 Å². The molecule has 0 atom stereocenters. The highest BCUT2D eigenvalue weighted by atomic mass is 35.5. The summed E-state index contributed by atoms with van der Waals surface area (Å²) < 4.78 is 58.3. The average molecular weight is 506 g/mol. The van der Waals surface area contributed by atoms with Gasteiger partial charge in [-0.1, -0.05) is 11.6 Å². The van der Waals surface area contributed by atoms with Crippen molar-refractivity contribution >= 4 is 17.4 Å². The summed E-state index contributed by atoms with van der Waals surface area (Å²) in [5, 5.41) is 11.5. The Morgan fingerprint density at radius 2 is 1.97 bits per heavy atom. The fourth-order valence-electron chi connectivity index (χ4n) is 3.20. The molecule has 0 amide bonds. The molecule has 0 aliphatic carbocycles. The molecule has 13 heteroatoms. The van der Waals surface area contributed by atoms with E-state index >= 15 is 0 Å². The van der Waals surface area contributed by atoms with E-state index in [9.17, 15) is 22.4 Å². The van der Waals surface area contributed by atoms with Gasteiger partial charge in [-0.3, -0.25) is 14.2 Å². The number of alkyl halides is 4. The fourth-order valence-corrected chi connectivity index (χ4v) is 3.36. The molecule has 0 fully saturated rings. The third kappa shape index (κ3) is 6.69. The van der Waals surface area contributed by atoms with E-state index in [1.165, 1.54) is 25.5 Å². The van der Waals surface area contributed by atoms with Gasteiger partial charge in [0.25, 0.3) is 0 Å². The second-order valence-electron chi connectivity index (χ2n) is 7.32. The Balaban J connectivity index is 0.00000408. The summed E-state index contributed by atoms with van der Waals surface area (Å²) in [6, 6.07) is 3.14. The average Bonchev–Trinajstić information content (AvgIpc) is 3.14. The molecule has 0 aliphatic heterocycles. The van der Waals surface area contributed by atoms with E-state index in [0.717, 1.165) is 4.68 Å². The first kappa shape index (κ1) is 27.1. The van der Waals surface area contributed by atoms with Gasteiger partial charge in [-0.25, -0.2) is 9.37 Å². The van der Waals surface area contributed by atoms with Crippen LogP contribution in [0.5, 0.6) is 5.75 Å². The summed E-state index contributed by atoms with van der Waals surface area (Å²) in [5.74, 6) is 0.0797. The van der Waals surface area contributed by atoms with Crippen LogP contribution in [-0.2, 0) is 30.9 Å². The number of nitrogens with zero attached hydrogens (tertiary/aromatic N) is 5. The van der Waals surface area contributed by atoms with Gasteiger partial charge in [-0.2, -0.15) is 23.4 Å². The predicted octanol–water partition coefficient (Wildman–Crippen LogP) is 4.50. The summed E-state index contributed by atoms with van der Waals surface area (Å²) in [6.07, 6.45) is -1.48. The zero-order chi connectivity index (χ0) is 24.2. The lowest BCUT2D eigenvalue weighted by Crippen LogP contribution is -2.10. The van der Waals surface area contributed by atoms with Crippen LogP contribution >= 0.6 is 11.6 Å². The van der Waals surface area contributed by atoms with Gasteiger partial charge in [0.1, 0.15) is 19.1 Å². The number of Topliss-reactive ketones (excluding diaryl/α,β-unsaturated/α-hetero) is 1. The summed E-state index contributed by atoms with van der Waals surface area (Å²) in [6.45, 7) is 0.772. The molecule has 184 valence electrons. The molecule has 34 heavy (non-hydrogen) atoms. The molecule has 3 heterocycles. The minimum Gasteiger partial charge on any atom is -0.488 e. The second kappa shape index (κ2) is 11.3. The molecule has 0 aliphatic rings. The van der Waals surface area contributed by atoms with Crippen LogP contribution in [0.3, 0.4) is 0 Å². The van der Waals surface area contributed by atoms with Gasteiger partial charge in [-0.05, 0) is 36.6 Å². The third-order valence-corrected chi connectivity index (χ3v) is 4.93. The van der Waals surface area contributed by atoms with Crippen LogP contribution in [0.25, 0.3) is 11.3 Å². The molecule has 3 rings (SSSR count). The number of hydrogen-bond acceptors (Lipinski definition) is 6. The van der Waals surface area contributed by atoms with E-state index in [1.54, 1.807) is 13.0 Å². The highest BCUT2D eigenvalue weighted by Gasteiger charge is 2.38. The molecule has 7 nitrogen and oxygen atoms in total. The van der Waals surface area contributed by atoms with Gasteiger partial charge in [0.2, 0.25) is 0 Å². The number of carbonyl (C=O) groups is 1. The minimum absolute atomic E-state index is 0. The maximum atomic E-state index is 13.3. The molecule has 0 N–H and O–H groups in total. The van der Waals surface area contributed by atoms with E-state index in [4.69, 9.17) is 16.3 Å². The van der Waals surface area contributed by atoms with Crippen molar-refractivity contribution in [1.29, 1.82) is 0 Å². The highest BCUT2D eigenvalue weighted by Crippen LogP contribution is 2.36. The van der Waals surface area contributed by atoms with Crippen LogP contribution in [0.15, 0.2) is 24.5 Å². The van der Waals surface area contributed by atoms with Crippen molar-refractivity contribution in [3.63, 3.8) is 0 Å². The number of aromatic nitrogens is 5. The maximum Gasteiger partial charge on any atom is 0.435 e. The Morgan fingerprint density at radius 3 is 2.62 bits per heavy atom. The molecular formula is C21H21ClF5N5O2. The van der Waals surface area contributed by atoms with Crippen LogP contribution in [0.4, 0.5) is 22.3 Å². The van der Waals surface area contributed by atoms with E-state index in [1.807, 2.05) is 0 Å². The van der Waals surface area contributed by atoms with Gasteiger partial charge in [0, 0.05) is 32.3 Å². The largest absolute Gasteiger partial charge is 0.488 e. The lowest BCUT2D eigenvalue weighted by Gasteiger charge is -2.09. The smallest absolute Gasteiger partial charge is 0.435 e. The van der Waals surface area contributed by atoms with Crippen molar-refractivity contribution in [3.8, 4) is 17.0 Å². The van der Waals surface area contributed by atoms with E-state index in [0.29, 0.717) is 16.8 Å². The third-order valence-electron chi connectivity index (χ3n) is 4.65. The van der Waals surface area contributed by atoms with Gasteiger partial charge < -0.3 is 4.74 Å². The zero-order valence-electron chi connectivity index (χ0n) is 18.2. The first-order valence-electron chi connectivity index (χ1n) is 9.87. The number of ether oxygens (including phenoxy) is 1. The van der Waals surface area contributed by atoms with Crippen molar-refractivity contribution in [3.05, 3.63) is 52.2 Å². The molecule has 0 spiro atoms. The number of rotatable bonds is 9. The van der Waals surface area contributed by atoms with Crippen LogP contribution in [0.1, 0.15) is 28.9 Å². The van der Waals surface area contributed by atoms with Crippen molar-refractivity contribution in [2.45, 2.75) is 32.4 Å². The number of hydrogen-bond donors (Lipinski definition) is 0. The molecule has 0 aromatic carbocycles. The molecular weight excluding hydrogens is 485 g/mol. The van der Waals surface area contributed by atoms with Crippen LogP contribution < -0.4 is 4.74 Å². The van der Waals surface area contributed by atoms with Gasteiger partial charge in [-0.15, -0.1) is 5.10 Å². The van der Waals surface area contributed by atoms with Gasteiger partial charge >= 0.3 is 6.18 Å². The maximum absolute atomic E-state index is 13.3. The second-order valence-corrected chi connectivity index (χ2v) is 7.67. The van der Waals surface area contributed by atoms with E-state index in [-0.39, 0.29) is 58.5 Å². The number of ketones is 1. The molecule has 0 bridgehead atoms. The van der Waals surface area contributed by atoms with Crippen molar-refractivity contribution in [2.24, 2.45) is 7.05 Å². The SMILES string of the molecule is Cc1cc(CCC(=O)Cc2cnc(Cl)c(OCCF)c2)nnc1-c1cn(C)nc1C(F)(F)F.F. The lowest BCUT2D eigenvalue weighted by atomic mass is 10.0. The van der Waals surface area contributed by atoms with Crippen LogP contribution in [0.2, 0.25) is 5.15 Å². The van der Waals surface area contributed by atoms with Crippen LogP contribution in [0, 0.1) is 6.92 Å². The lowest BCUT2D eigenvalue weighted by molar-refractivity contribution is -0.141. The van der Waals surface area contributed by atoms with Crippen molar-refractivity contribution in [1.82, 2.24) is 25.0 Å². The number of pyridine rings is 1. The van der Waals surface area contributed by atoms with Crippen LogP contribution in [-0.4, -0.2) is 44.0 Å². The molecule has 0 unspecified atom stereocenters. The van der Waals surface area contributed by atoms with Crippen molar-refractivity contribution < 1.29 is 31.8 Å². The first-order valence-corrected chi connectivity index (χ1v) is 10.3. The normalized spacial score (nSPS) is 11.3. The topological polar surface area (TPSA) is 82.8 Å². The summed E-state index contributed by atoms with van der Waals surface area (Å²) in [7, 11) is 1.40. The first-order chi connectivity index (χ1) is 15.6. The quantitative estimate of drug-likeness (QED) is 0.314. The Labute approximate surface area is 196 Å². The van der Waals surface area contributed by atoms with E-state index in [2.05, 4.69) is 20.3 Å². The monoisotopic (exact) mass is 505 g/mol. The van der Waals surface area contributed by atoms with Gasteiger partial charge in [0.05, 0.1) is 17.0 Å². The Hall–Kier alpha value is -3.15. The Kier molecular flexibility index (Phi) is 9.02. The summed E-state index contributed by atoms with van der Waals surface area (Å²) >= 11 is 5.89. The number of aryl methyl sites for hydroxylation is 3. The number of carbonyl (C=O) groups excluding carboxylic acids is 1. The zero-order valence-corrected chi connectivity index (χ0v) is 19.0. The summed E-state index contributed by atoms with van der Waals surface area (Å²) in [4.78, 5) is 16.3. The van der Waals surface area contributed by atoms with Gasteiger partial charge in [0.15, 0.2) is 16.6 Å². The number of halogens is 6.